The van der Waals surface area contributed by atoms with Crippen molar-refractivity contribution in [1.29, 1.82) is 0 Å². The minimum absolute atomic E-state index is 0.0108. The molecule has 2 fully saturated rings. The SMILES string of the molecule is COc1ccc(CN2CC3(C2)OCC[C@H]3CCOCC(=O)N(C)C)cc1. The normalized spacial score (nSPS) is 21.6. The third-order valence-electron chi connectivity index (χ3n) is 5.48. The monoisotopic (exact) mass is 362 g/mol. The lowest BCUT2D eigenvalue weighted by Crippen LogP contribution is -2.64. The molecule has 2 saturated heterocycles. The van der Waals surface area contributed by atoms with Crippen LogP contribution >= 0.6 is 0 Å². The second-order valence-corrected chi connectivity index (χ2v) is 7.52. The van der Waals surface area contributed by atoms with Crippen molar-refractivity contribution in [2.75, 3.05) is 54.1 Å². The molecule has 2 aliphatic heterocycles. The van der Waals surface area contributed by atoms with Crippen LogP contribution in [0.1, 0.15) is 18.4 Å². The number of likely N-dealkylation sites (tertiary alicyclic amines) is 1. The minimum atomic E-state index is -0.0125. The highest BCUT2D eigenvalue weighted by atomic mass is 16.5. The van der Waals surface area contributed by atoms with Gasteiger partial charge in [0.15, 0.2) is 0 Å². The van der Waals surface area contributed by atoms with Gasteiger partial charge in [-0.1, -0.05) is 12.1 Å². The van der Waals surface area contributed by atoms with E-state index in [1.807, 2.05) is 12.1 Å². The van der Waals surface area contributed by atoms with Crippen LogP contribution in [-0.2, 0) is 20.8 Å². The quantitative estimate of drug-likeness (QED) is 0.660. The van der Waals surface area contributed by atoms with E-state index >= 15 is 0 Å². The summed E-state index contributed by atoms with van der Waals surface area (Å²) in [5.41, 5.74) is 1.28. The summed E-state index contributed by atoms with van der Waals surface area (Å²) in [6.07, 6.45) is 2.04. The topological polar surface area (TPSA) is 51.2 Å². The first-order valence-corrected chi connectivity index (χ1v) is 9.29. The average molecular weight is 362 g/mol. The van der Waals surface area contributed by atoms with Crippen LogP contribution in [0.25, 0.3) is 0 Å². The van der Waals surface area contributed by atoms with Gasteiger partial charge < -0.3 is 19.1 Å². The van der Waals surface area contributed by atoms with Crippen LogP contribution < -0.4 is 4.74 Å². The lowest BCUT2D eigenvalue weighted by atomic mass is 9.79. The third kappa shape index (κ3) is 4.37. The zero-order valence-corrected chi connectivity index (χ0v) is 16.1. The first kappa shape index (κ1) is 19.1. The molecule has 6 heteroatoms. The molecule has 1 amide bonds. The second kappa shape index (κ2) is 8.37. The van der Waals surface area contributed by atoms with E-state index in [0.29, 0.717) is 12.5 Å². The number of amides is 1. The first-order valence-electron chi connectivity index (χ1n) is 9.29. The molecule has 0 unspecified atom stereocenters. The molecule has 1 spiro atoms. The number of nitrogens with zero attached hydrogens (tertiary/aromatic N) is 2. The number of hydrogen-bond acceptors (Lipinski definition) is 5. The van der Waals surface area contributed by atoms with Crippen molar-refractivity contribution in [3.05, 3.63) is 29.8 Å². The second-order valence-electron chi connectivity index (χ2n) is 7.52. The first-order chi connectivity index (χ1) is 12.5. The number of likely N-dealkylation sites (N-methyl/N-ethyl adjacent to an activating group) is 1. The Kier molecular flexibility index (Phi) is 6.16. The van der Waals surface area contributed by atoms with Crippen molar-refractivity contribution in [3.8, 4) is 5.75 Å². The number of hydrogen-bond donors (Lipinski definition) is 0. The van der Waals surface area contributed by atoms with Gasteiger partial charge in [-0.3, -0.25) is 9.69 Å². The van der Waals surface area contributed by atoms with Gasteiger partial charge in [-0.2, -0.15) is 0 Å². The lowest BCUT2D eigenvalue weighted by Gasteiger charge is -2.50. The van der Waals surface area contributed by atoms with Gasteiger partial charge in [0, 0.05) is 46.9 Å². The van der Waals surface area contributed by atoms with E-state index in [2.05, 4.69) is 17.0 Å². The molecule has 2 aliphatic rings. The Morgan fingerprint density at radius 1 is 1.31 bits per heavy atom. The van der Waals surface area contributed by atoms with E-state index in [4.69, 9.17) is 14.2 Å². The van der Waals surface area contributed by atoms with Crippen molar-refractivity contribution < 1.29 is 19.0 Å². The van der Waals surface area contributed by atoms with Crippen LogP contribution in [0.3, 0.4) is 0 Å². The average Bonchev–Trinajstić information content (AvgIpc) is 3.02. The summed E-state index contributed by atoms with van der Waals surface area (Å²) in [4.78, 5) is 15.5. The van der Waals surface area contributed by atoms with E-state index in [1.165, 1.54) is 5.56 Å². The molecular formula is C20H30N2O4. The van der Waals surface area contributed by atoms with E-state index < -0.39 is 0 Å². The Labute approximate surface area is 156 Å². The maximum absolute atomic E-state index is 11.6. The third-order valence-corrected chi connectivity index (χ3v) is 5.48. The van der Waals surface area contributed by atoms with Crippen molar-refractivity contribution in [3.63, 3.8) is 0 Å². The standard InChI is InChI=1S/C20H30N2O4/c1-21(2)19(23)13-25-10-8-17-9-11-26-20(17)14-22(15-20)12-16-4-6-18(24-3)7-5-16/h4-7,17H,8-15H2,1-3H3/t17-/m1/s1. The van der Waals surface area contributed by atoms with Crippen molar-refractivity contribution in [1.82, 2.24) is 9.80 Å². The largest absolute Gasteiger partial charge is 0.497 e. The Hall–Kier alpha value is -1.63. The molecule has 144 valence electrons. The smallest absolute Gasteiger partial charge is 0.248 e. The number of ether oxygens (including phenoxy) is 3. The number of benzene rings is 1. The fourth-order valence-corrected chi connectivity index (χ4v) is 3.87. The molecule has 0 aromatic heterocycles. The predicted octanol–water partition coefficient (Wildman–Crippen LogP) is 1.78. The summed E-state index contributed by atoms with van der Waals surface area (Å²) in [5, 5.41) is 0. The van der Waals surface area contributed by atoms with Gasteiger partial charge in [0.25, 0.3) is 0 Å². The van der Waals surface area contributed by atoms with E-state index in [0.717, 1.165) is 44.8 Å². The van der Waals surface area contributed by atoms with Crippen molar-refractivity contribution in [2.45, 2.75) is 25.0 Å². The zero-order valence-electron chi connectivity index (χ0n) is 16.1. The molecule has 0 aliphatic carbocycles. The summed E-state index contributed by atoms with van der Waals surface area (Å²) < 4.78 is 16.9. The van der Waals surface area contributed by atoms with Crippen molar-refractivity contribution >= 4 is 5.91 Å². The van der Waals surface area contributed by atoms with Gasteiger partial charge >= 0.3 is 0 Å². The maximum Gasteiger partial charge on any atom is 0.248 e. The number of carbonyl (C=O) groups excluding carboxylic acids is 1. The molecule has 0 bridgehead atoms. The number of rotatable bonds is 8. The highest BCUT2D eigenvalue weighted by Crippen LogP contribution is 2.42. The molecule has 6 nitrogen and oxygen atoms in total. The van der Waals surface area contributed by atoms with E-state index in [1.54, 1.807) is 26.1 Å². The molecule has 26 heavy (non-hydrogen) atoms. The fourth-order valence-electron chi connectivity index (χ4n) is 3.87. The van der Waals surface area contributed by atoms with Crippen LogP contribution in [0.4, 0.5) is 0 Å². The Morgan fingerprint density at radius 2 is 2.04 bits per heavy atom. The van der Waals surface area contributed by atoms with Crippen LogP contribution in [0.15, 0.2) is 24.3 Å². The predicted molar refractivity (Wildman–Crippen MR) is 99.2 cm³/mol. The highest BCUT2D eigenvalue weighted by Gasteiger charge is 2.52. The summed E-state index contributed by atoms with van der Waals surface area (Å²) in [7, 11) is 5.18. The summed E-state index contributed by atoms with van der Waals surface area (Å²) in [6.45, 7) is 4.50. The minimum Gasteiger partial charge on any atom is -0.497 e. The maximum atomic E-state index is 11.6. The molecule has 1 atom stereocenters. The van der Waals surface area contributed by atoms with Crippen molar-refractivity contribution in [2.24, 2.45) is 5.92 Å². The van der Waals surface area contributed by atoms with Gasteiger partial charge in [-0.25, -0.2) is 0 Å². The molecule has 0 saturated carbocycles. The summed E-state index contributed by atoms with van der Waals surface area (Å²) in [5.74, 6) is 1.42. The van der Waals surface area contributed by atoms with Crippen LogP contribution in [0.5, 0.6) is 5.75 Å². The Morgan fingerprint density at radius 3 is 2.69 bits per heavy atom. The van der Waals surface area contributed by atoms with Crippen LogP contribution in [0, 0.1) is 5.92 Å². The zero-order chi connectivity index (χ0) is 18.6. The Balaban J connectivity index is 1.42. The highest BCUT2D eigenvalue weighted by molar-refractivity contribution is 5.76. The van der Waals surface area contributed by atoms with E-state index in [9.17, 15) is 4.79 Å². The van der Waals surface area contributed by atoms with Gasteiger partial charge in [0.05, 0.1) is 12.7 Å². The fraction of sp³-hybridized carbons (Fsp3) is 0.650. The van der Waals surface area contributed by atoms with Crippen LogP contribution in [0.2, 0.25) is 0 Å². The lowest BCUT2D eigenvalue weighted by molar-refractivity contribution is -0.141. The number of carbonyl (C=O) groups is 1. The summed E-state index contributed by atoms with van der Waals surface area (Å²) in [6, 6.07) is 8.25. The summed E-state index contributed by atoms with van der Waals surface area (Å²) >= 11 is 0. The van der Waals surface area contributed by atoms with Crippen LogP contribution in [-0.4, -0.2) is 75.4 Å². The molecule has 2 heterocycles. The molecular weight excluding hydrogens is 332 g/mol. The Bertz CT molecular complexity index is 596. The molecule has 0 radical (unpaired) electrons. The molecule has 0 N–H and O–H groups in total. The van der Waals surface area contributed by atoms with Gasteiger partial charge in [0.1, 0.15) is 12.4 Å². The van der Waals surface area contributed by atoms with Gasteiger partial charge in [-0.05, 0) is 36.5 Å². The molecule has 1 aromatic rings. The number of methoxy groups -OCH3 is 1. The van der Waals surface area contributed by atoms with E-state index in [-0.39, 0.29) is 18.1 Å². The molecule has 1 aromatic carbocycles. The van der Waals surface area contributed by atoms with Gasteiger partial charge in [0.2, 0.25) is 5.91 Å². The molecule has 3 rings (SSSR count). The van der Waals surface area contributed by atoms with Gasteiger partial charge in [-0.15, -0.1) is 0 Å².